The first-order chi connectivity index (χ1) is 12.0. The Bertz CT molecular complexity index is 983. The van der Waals surface area contributed by atoms with Crippen LogP contribution >= 0.6 is 0 Å². The third-order valence-corrected chi connectivity index (χ3v) is 3.87. The Kier molecular flexibility index (Phi) is 4.48. The predicted molar refractivity (Wildman–Crippen MR) is 94.0 cm³/mol. The maximum atomic E-state index is 11.9. The van der Waals surface area contributed by atoms with Gasteiger partial charge in [0.25, 0.3) is 0 Å². The molecule has 2 heterocycles. The summed E-state index contributed by atoms with van der Waals surface area (Å²) in [5, 5.41) is 14.5. The molecule has 0 aliphatic carbocycles. The lowest BCUT2D eigenvalue weighted by atomic mass is 10.1. The maximum absolute atomic E-state index is 11.9. The number of fused-ring (bicyclic) bond motifs is 1. The summed E-state index contributed by atoms with van der Waals surface area (Å²) in [6.07, 6.45) is 1.58. The zero-order chi connectivity index (χ0) is 18.0. The molecule has 0 amide bonds. The van der Waals surface area contributed by atoms with Crippen LogP contribution in [-0.2, 0) is 4.74 Å². The van der Waals surface area contributed by atoms with Crippen LogP contribution in [0.15, 0.2) is 36.5 Å². The number of pyridine rings is 1. The van der Waals surface area contributed by atoms with Crippen LogP contribution < -0.4 is 0 Å². The van der Waals surface area contributed by atoms with E-state index in [2.05, 4.69) is 16.2 Å². The van der Waals surface area contributed by atoms with Gasteiger partial charge in [-0.3, -0.25) is 9.67 Å². The molecule has 0 aliphatic rings. The van der Waals surface area contributed by atoms with Crippen LogP contribution in [0.1, 0.15) is 42.9 Å². The molecule has 0 atom stereocenters. The van der Waals surface area contributed by atoms with Gasteiger partial charge in [0, 0.05) is 23.2 Å². The molecule has 25 heavy (non-hydrogen) atoms. The van der Waals surface area contributed by atoms with Gasteiger partial charge >= 0.3 is 5.97 Å². The number of esters is 1. The Morgan fingerprint density at radius 2 is 2.12 bits per heavy atom. The van der Waals surface area contributed by atoms with E-state index < -0.39 is 0 Å². The van der Waals surface area contributed by atoms with Crippen LogP contribution in [0.2, 0.25) is 0 Å². The fourth-order valence-corrected chi connectivity index (χ4v) is 2.71. The average molecular weight is 334 g/mol. The molecule has 0 saturated carbocycles. The highest BCUT2D eigenvalue weighted by Gasteiger charge is 2.14. The van der Waals surface area contributed by atoms with E-state index in [1.54, 1.807) is 25.3 Å². The van der Waals surface area contributed by atoms with Crippen molar-refractivity contribution in [3.8, 4) is 17.3 Å². The van der Waals surface area contributed by atoms with Gasteiger partial charge in [0.1, 0.15) is 6.07 Å². The lowest BCUT2D eigenvalue weighted by Crippen LogP contribution is -2.05. The summed E-state index contributed by atoms with van der Waals surface area (Å²) >= 11 is 0. The highest BCUT2D eigenvalue weighted by molar-refractivity contribution is 5.92. The van der Waals surface area contributed by atoms with Crippen LogP contribution in [0.25, 0.3) is 22.2 Å². The van der Waals surface area contributed by atoms with Gasteiger partial charge in [-0.25, -0.2) is 4.79 Å². The van der Waals surface area contributed by atoms with Gasteiger partial charge < -0.3 is 4.74 Å². The number of carbonyl (C=O) groups excluding carboxylic acids is 1. The molecule has 3 rings (SSSR count). The number of ether oxygens (including phenoxy) is 1. The molecular weight excluding hydrogens is 316 g/mol. The normalized spacial score (nSPS) is 10.8. The van der Waals surface area contributed by atoms with E-state index in [4.69, 9.17) is 4.74 Å². The number of benzene rings is 1. The van der Waals surface area contributed by atoms with E-state index in [9.17, 15) is 10.1 Å². The molecule has 6 heteroatoms. The molecule has 6 nitrogen and oxygen atoms in total. The second-order valence-electron chi connectivity index (χ2n) is 5.88. The zero-order valence-electron chi connectivity index (χ0n) is 14.4. The molecule has 0 spiro atoms. The number of hydrogen-bond donors (Lipinski definition) is 0. The Morgan fingerprint density at radius 1 is 1.32 bits per heavy atom. The molecule has 0 saturated heterocycles. The van der Waals surface area contributed by atoms with Gasteiger partial charge in [-0.05, 0) is 45.0 Å². The Hall–Kier alpha value is -3.20. The molecule has 0 bridgehead atoms. The second kappa shape index (κ2) is 6.73. The van der Waals surface area contributed by atoms with E-state index >= 15 is 0 Å². The third kappa shape index (κ3) is 3.09. The van der Waals surface area contributed by atoms with Crippen molar-refractivity contribution in [3.63, 3.8) is 0 Å². The standard InChI is InChI=1S/C19H18N4O2/c1-4-25-19(24)14-7-8-21-16(10-14)13-5-6-18-15(9-13)17(11-20)22-23(18)12(2)3/h5-10,12H,4H2,1-3H3. The maximum Gasteiger partial charge on any atom is 0.338 e. The highest BCUT2D eigenvalue weighted by Crippen LogP contribution is 2.27. The molecule has 0 aliphatic heterocycles. The molecule has 0 N–H and O–H groups in total. The summed E-state index contributed by atoms with van der Waals surface area (Å²) in [6, 6.07) is 11.3. The fourth-order valence-electron chi connectivity index (χ4n) is 2.71. The summed E-state index contributed by atoms with van der Waals surface area (Å²) in [6.45, 7) is 6.13. The molecule has 3 aromatic rings. The predicted octanol–water partition coefficient (Wildman–Crippen LogP) is 3.73. The van der Waals surface area contributed by atoms with E-state index in [0.717, 1.165) is 16.5 Å². The first-order valence-corrected chi connectivity index (χ1v) is 8.11. The first kappa shape index (κ1) is 16.7. The third-order valence-electron chi connectivity index (χ3n) is 3.87. The van der Waals surface area contributed by atoms with Gasteiger partial charge in [-0.1, -0.05) is 6.07 Å². The smallest absolute Gasteiger partial charge is 0.338 e. The molecule has 2 aromatic heterocycles. The van der Waals surface area contributed by atoms with Crippen molar-refractivity contribution in [1.82, 2.24) is 14.8 Å². The summed E-state index contributed by atoms with van der Waals surface area (Å²) < 4.78 is 6.87. The lowest BCUT2D eigenvalue weighted by molar-refractivity contribution is 0.0526. The molecule has 0 radical (unpaired) electrons. The summed E-state index contributed by atoms with van der Waals surface area (Å²) in [7, 11) is 0. The van der Waals surface area contributed by atoms with Crippen molar-refractivity contribution in [2.75, 3.05) is 6.61 Å². The van der Waals surface area contributed by atoms with Crippen LogP contribution in [0.3, 0.4) is 0 Å². The number of nitriles is 1. The van der Waals surface area contributed by atoms with Crippen molar-refractivity contribution in [2.24, 2.45) is 0 Å². The highest BCUT2D eigenvalue weighted by atomic mass is 16.5. The fraction of sp³-hybridized carbons (Fsp3) is 0.263. The van der Waals surface area contributed by atoms with Gasteiger partial charge in [0.15, 0.2) is 5.69 Å². The van der Waals surface area contributed by atoms with Crippen LogP contribution in [0, 0.1) is 11.3 Å². The van der Waals surface area contributed by atoms with Crippen molar-refractivity contribution >= 4 is 16.9 Å². The summed E-state index contributed by atoms with van der Waals surface area (Å²) in [5.74, 6) is -0.377. The minimum Gasteiger partial charge on any atom is -0.462 e. The van der Waals surface area contributed by atoms with Gasteiger partial charge in [-0.15, -0.1) is 0 Å². The van der Waals surface area contributed by atoms with Crippen molar-refractivity contribution in [1.29, 1.82) is 5.26 Å². The van der Waals surface area contributed by atoms with Crippen LogP contribution in [0.4, 0.5) is 0 Å². The Morgan fingerprint density at radius 3 is 2.80 bits per heavy atom. The molecule has 126 valence electrons. The molecule has 0 unspecified atom stereocenters. The quantitative estimate of drug-likeness (QED) is 0.679. The van der Waals surface area contributed by atoms with Crippen LogP contribution in [-0.4, -0.2) is 27.3 Å². The van der Waals surface area contributed by atoms with Crippen molar-refractivity contribution in [3.05, 3.63) is 47.8 Å². The van der Waals surface area contributed by atoms with Gasteiger partial charge in [0.05, 0.1) is 23.4 Å². The minimum atomic E-state index is -0.377. The molecule has 1 aromatic carbocycles. The minimum absolute atomic E-state index is 0.153. The summed E-state index contributed by atoms with van der Waals surface area (Å²) in [5.41, 5.74) is 3.20. The number of rotatable bonds is 4. The topological polar surface area (TPSA) is 80.8 Å². The second-order valence-corrected chi connectivity index (χ2v) is 5.88. The van der Waals surface area contributed by atoms with Crippen molar-refractivity contribution in [2.45, 2.75) is 26.8 Å². The zero-order valence-corrected chi connectivity index (χ0v) is 14.4. The monoisotopic (exact) mass is 334 g/mol. The molecule has 0 fully saturated rings. The van der Waals surface area contributed by atoms with E-state index in [1.807, 2.05) is 36.7 Å². The van der Waals surface area contributed by atoms with E-state index in [-0.39, 0.29) is 12.0 Å². The van der Waals surface area contributed by atoms with Gasteiger partial charge in [-0.2, -0.15) is 10.4 Å². The Balaban J connectivity index is 2.10. The SMILES string of the molecule is CCOC(=O)c1ccnc(-c2ccc3c(c2)c(C#N)nn3C(C)C)c1. The summed E-state index contributed by atoms with van der Waals surface area (Å²) in [4.78, 5) is 16.3. The van der Waals surface area contributed by atoms with Crippen molar-refractivity contribution < 1.29 is 9.53 Å². The first-order valence-electron chi connectivity index (χ1n) is 8.11. The number of carbonyl (C=O) groups is 1. The Labute approximate surface area is 145 Å². The number of hydrogen-bond acceptors (Lipinski definition) is 5. The van der Waals surface area contributed by atoms with Crippen LogP contribution in [0.5, 0.6) is 0 Å². The largest absolute Gasteiger partial charge is 0.462 e. The average Bonchev–Trinajstić information content (AvgIpc) is 3.00. The van der Waals surface area contributed by atoms with Gasteiger partial charge in [0.2, 0.25) is 0 Å². The number of nitrogens with zero attached hydrogens (tertiary/aromatic N) is 4. The van der Waals surface area contributed by atoms with E-state index in [1.165, 1.54) is 0 Å². The van der Waals surface area contributed by atoms with E-state index in [0.29, 0.717) is 23.6 Å². The molecular formula is C19H18N4O2. The number of aromatic nitrogens is 3. The lowest BCUT2D eigenvalue weighted by Gasteiger charge is -2.08.